The van der Waals surface area contributed by atoms with E-state index in [2.05, 4.69) is 18.2 Å². The van der Waals surface area contributed by atoms with Gasteiger partial charge in [0.15, 0.2) is 0 Å². The summed E-state index contributed by atoms with van der Waals surface area (Å²) >= 11 is 1.50. The summed E-state index contributed by atoms with van der Waals surface area (Å²) in [6.07, 6.45) is 4.59. The van der Waals surface area contributed by atoms with E-state index >= 15 is 0 Å². The number of ether oxygens (including phenoxy) is 2. The Morgan fingerprint density at radius 1 is 1.07 bits per heavy atom. The van der Waals surface area contributed by atoms with Crippen molar-refractivity contribution in [3.05, 3.63) is 58.5 Å². The highest BCUT2D eigenvalue weighted by atomic mass is 32.1. The molecular formula is C23H20O3S. The van der Waals surface area contributed by atoms with Gasteiger partial charge >= 0.3 is 5.97 Å². The summed E-state index contributed by atoms with van der Waals surface area (Å²) in [5, 5.41) is 0. The minimum atomic E-state index is -0.256. The molecule has 3 nitrogen and oxygen atoms in total. The molecule has 4 heteroatoms. The Balaban J connectivity index is 1.77. The first-order chi connectivity index (χ1) is 13.3. The molecular weight excluding hydrogens is 356 g/mol. The van der Waals surface area contributed by atoms with E-state index in [4.69, 9.17) is 9.47 Å². The van der Waals surface area contributed by atoms with Crippen LogP contribution >= 0.6 is 11.3 Å². The third kappa shape index (κ3) is 2.67. The van der Waals surface area contributed by atoms with Crippen molar-refractivity contribution in [1.29, 1.82) is 0 Å². The van der Waals surface area contributed by atoms with Crippen molar-refractivity contribution in [2.75, 3.05) is 6.61 Å². The van der Waals surface area contributed by atoms with Gasteiger partial charge in [-0.2, -0.15) is 0 Å². The summed E-state index contributed by atoms with van der Waals surface area (Å²) in [6, 6.07) is 14.4. The van der Waals surface area contributed by atoms with Crippen LogP contribution in [0.2, 0.25) is 0 Å². The molecule has 2 heterocycles. The van der Waals surface area contributed by atoms with Crippen LogP contribution in [0.25, 0.3) is 21.6 Å². The van der Waals surface area contributed by atoms with Crippen molar-refractivity contribution in [3.63, 3.8) is 0 Å². The van der Waals surface area contributed by atoms with Crippen molar-refractivity contribution in [2.45, 2.75) is 32.6 Å². The Bertz CT molecular complexity index is 1050. The largest absolute Gasteiger partial charge is 0.462 e. The first-order valence-corrected chi connectivity index (χ1v) is 10.3. The second-order valence-electron chi connectivity index (χ2n) is 6.96. The second-order valence-corrected chi connectivity index (χ2v) is 8.01. The zero-order valence-electron chi connectivity index (χ0n) is 15.2. The van der Waals surface area contributed by atoms with Crippen molar-refractivity contribution in [2.24, 2.45) is 0 Å². The second kappa shape index (κ2) is 6.54. The van der Waals surface area contributed by atoms with Crippen molar-refractivity contribution in [3.8, 4) is 33.1 Å². The summed E-state index contributed by atoms with van der Waals surface area (Å²) in [5.74, 6) is 1.56. The molecule has 0 fully saturated rings. The maximum Gasteiger partial charge on any atom is 0.348 e. The lowest BCUT2D eigenvalue weighted by atomic mass is 9.88. The highest BCUT2D eigenvalue weighted by Gasteiger charge is 2.28. The summed E-state index contributed by atoms with van der Waals surface area (Å²) in [6.45, 7) is 2.21. The molecule has 0 amide bonds. The molecule has 1 aliphatic heterocycles. The van der Waals surface area contributed by atoms with Gasteiger partial charge in [-0.05, 0) is 61.9 Å². The molecule has 27 heavy (non-hydrogen) atoms. The zero-order valence-corrected chi connectivity index (χ0v) is 16.0. The number of fused-ring (bicyclic) bond motifs is 7. The van der Waals surface area contributed by atoms with Crippen LogP contribution in [0.15, 0.2) is 42.5 Å². The predicted molar refractivity (Wildman–Crippen MR) is 108 cm³/mol. The number of esters is 1. The van der Waals surface area contributed by atoms with Gasteiger partial charge in [0, 0.05) is 21.6 Å². The van der Waals surface area contributed by atoms with E-state index in [-0.39, 0.29) is 5.97 Å². The lowest BCUT2D eigenvalue weighted by molar-refractivity contribution is 0.0532. The van der Waals surface area contributed by atoms with Gasteiger partial charge in [-0.3, -0.25) is 0 Å². The lowest BCUT2D eigenvalue weighted by Gasteiger charge is -2.21. The highest BCUT2D eigenvalue weighted by Crippen LogP contribution is 2.52. The van der Waals surface area contributed by atoms with Crippen LogP contribution in [-0.2, 0) is 17.6 Å². The fourth-order valence-electron chi connectivity index (χ4n) is 4.07. The SMILES string of the molecule is CCOC(=O)c1cc2c(s1)-c1ccc3c(c1Oc1ccccc1-2)CCCC3. The van der Waals surface area contributed by atoms with E-state index in [1.807, 2.05) is 31.2 Å². The quantitative estimate of drug-likeness (QED) is 0.388. The van der Waals surface area contributed by atoms with Crippen molar-refractivity contribution >= 4 is 17.3 Å². The minimum Gasteiger partial charge on any atom is -0.462 e. The van der Waals surface area contributed by atoms with E-state index in [1.165, 1.54) is 35.3 Å². The molecule has 5 rings (SSSR count). The molecule has 0 saturated heterocycles. The number of para-hydroxylation sites is 1. The van der Waals surface area contributed by atoms with Crippen LogP contribution in [0.3, 0.4) is 0 Å². The Hall–Kier alpha value is -2.59. The van der Waals surface area contributed by atoms with E-state index in [0.29, 0.717) is 11.5 Å². The van der Waals surface area contributed by atoms with Crippen LogP contribution in [0, 0.1) is 0 Å². The topological polar surface area (TPSA) is 35.5 Å². The highest BCUT2D eigenvalue weighted by molar-refractivity contribution is 7.18. The molecule has 2 aromatic carbocycles. The molecule has 2 aliphatic rings. The minimum absolute atomic E-state index is 0.256. The van der Waals surface area contributed by atoms with Crippen molar-refractivity contribution < 1.29 is 14.3 Å². The number of hydrogen-bond donors (Lipinski definition) is 0. The normalized spacial score (nSPS) is 14.1. The Labute approximate surface area is 162 Å². The number of carbonyl (C=O) groups is 1. The first-order valence-electron chi connectivity index (χ1n) is 9.49. The number of hydrogen-bond acceptors (Lipinski definition) is 4. The molecule has 136 valence electrons. The van der Waals surface area contributed by atoms with Crippen LogP contribution < -0.4 is 4.74 Å². The van der Waals surface area contributed by atoms with Gasteiger partial charge in [-0.25, -0.2) is 4.79 Å². The van der Waals surface area contributed by atoms with Gasteiger partial charge in [0.25, 0.3) is 0 Å². The fraction of sp³-hybridized carbons (Fsp3) is 0.261. The summed E-state index contributed by atoms with van der Waals surface area (Å²) in [5.41, 5.74) is 5.88. The fourth-order valence-corrected chi connectivity index (χ4v) is 5.16. The van der Waals surface area contributed by atoms with Gasteiger partial charge in [-0.15, -0.1) is 11.3 Å². The average molecular weight is 376 g/mol. The molecule has 1 aliphatic carbocycles. The maximum absolute atomic E-state index is 12.4. The van der Waals surface area contributed by atoms with E-state index in [9.17, 15) is 4.79 Å². The third-order valence-electron chi connectivity index (χ3n) is 5.32. The van der Waals surface area contributed by atoms with Gasteiger partial charge < -0.3 is 9.47 Å². The summed E-state index contributed by atoms with van der Waals surface area (Å²) in [4.78, 5) is 14.1. The Morgan fingerprint density at radius 2 is 1.93 bits per heavy atom. The first kappa shape index (κ1) is 16.6. The van der Waals surface area contributed by atoms with Gasteiger partial charge in [0.2, 0.25) is 0 Å². The van der Waals surface area contributed by atoms with Crippen LogP contribution in [0.4, 0.5) is 0 Å². The van der Waals surface area contributed by atoms with E-state index < -0.39 is 0 Å². The maximum atomic E-state index is 12.4. The number of rotatable bonds is 2. The van der Waals surface area contributed by atoms with Crippen LogP contribution in [0.5, 0.6) is 11.5 Å². The molecule has 0 spiro atoms. The monoisotopic (exact) mass is 376 g/mol. The predicted octanol–water partition coefficient (Wildman–Crippen LogP) is 6.24. The van der Waals surface area contributed by atoms with Crippen LogP contribution in [0.1, 0.15) is 40.6 Å². The molecule has 0 bridgehead atoms. The Morgan fingerprint density at radius 3 is 2.81 bits per heavy atom. The van der Waals surface area contributed by atoms with E-state index in [0.717, 1.165) is 45.9 Å². The molecule has 0 saturated carbocycles. The zero-order chi connectivity index (χ0) is 18.4. The smallest absolute Gasteiger partial charge is 0.348 e. The molecule has 0 N–H and O–H groups in total. The molecule has 3 aromatic rings. The number of aryl methyl sites for hydroxylation is 1. The lowest BCUT2D eigenvalue weighted by Crippen LogP contribution is -2.05. The molecule has 0 atom stereocenters. The summed E-state index contributed by atoms with van der Waals surface area (Å²) in [7, 11) is 0. The van der Waals surface area contributed by atoms with Gasteiger partial charge in [0.1, 0.15) is 16.4 Å². The third-order valence-corrected chi connectivity index (χ3v) is 6.47. The number of thiophene rings is 1. The molecule has 0 radical (unpaired) electrons. The van der Waals surface area contributed by atoms with Gasteiger partial charge in [0.05, 0.1) is 6.61 Å². The number of carbonyl (C=O) groups excluding carboxylic acids is 1. The van der Waals surface area contributed by atoms with Gasteiger partial charge in [-0.1, -0.05) is 24.3 Å². The average Bonchev–Trinajstić information content (AvgIpc) is 3.09. The standard InChI is InChI=1S/C23H20O3S/c1-2-25-23(24)20-13-18-16-9-5-6-10-19(16)26-21-15-8-4-3-7-14(15)11-12-17(21)22(18)27-20/h5-6,9-13H,2-4,7-8H2,1H3. The Kier molecular flexibility index (Phi) is 4.01. The van der Waals surface area contributed by atoms with Crippen molar-refractivity contribution in [1.82, 2.24) is 0 Å². The molecule has 1 aromatic heterocycles. The number of benzene rings is 2. The van der Waals surface area contributed by atoms with E-state index in [1.54, 1.807) is 0 Å². The molecule has 0 unspecified atom stereocenters. The summed E-state index contributed by atoms with van der Waals surface area (Å²) < 4.78 is 11.7. The van der Waals surface area contributed by atoms with Crippen LogP contribution in [-0.4, -0.2) is 12.6 Å².